The van der Waals surface area contributed by atoms with Crippen molar-refractivity contribution in [2.75, 3.05) is 7.11 Å². The predicted octanol–water partition coefficient (Wildman–Crippen LogP) is 3.29. The number of hydrogen-bond donors (Lipinski definition) is 0. The van der Waals surface area contributed by atoms with Gasteiger partial charge in [-0.3, -0.25) is 4.79 Å². The standard InChI is InChI=1S/C13H17ClO3/c1-8-5-11(6-9(2)13(8)14)17-10(3)7-12(15)16-4/h5-6,10H,7H2,1-4H3. The van der Waals surface area contributed by atoms with Crippen LogP contribution in [0.25, 0.3) is 0 Å². The van der Waals surface area contributed by atoms with Crippen LogP contribution in [0.5, 0.6) is 5.75 Å². The van der Waals surface area contributed by atoms with Crippen molar-refractivity contribution in [1.82, 2.24) is 0 Å². The van der Waals surface area contributed by atoms with Crippen molar-refractivity contribution < 1.29 is 14.3 Å². The largest absolute Gasteiger partial charge is 0.490 e. The van der Waals surface area contributed by atoms with Crippen molar-refractivity contribution in [1.29, 1.82) is 0 Å². The maximum absolute atomic E-state index is 11.1. The molecule has 0 saturated carbocycles. The van der Waals surface area contributed by atoms with Gasteiger partial charge in [0, 0.05) is 5.02 Å². The van der Waals surface area contributed by atoms with Crippen LogP contribution in [0.4, 0.5) is 0 Å². The number of halogens is 1. The Bertz CT molecular complexity index is 392. The Hall–Kier alpha value is -1.22. The molecule has 1 aromatic carbocycles. The summed E-state index contributed by atoms with van der Waals surface area (Å²) >= 11 is 6.06. The lowest BCUT2D eigenvalue weighted by atomic mass is 10.1. The molecule has 0 heterocycles. The third-order valence-corrected chi connectivity index (χ3v) is 3.03. The third-order valence-electron chi connectivity index (χ3n) is 2.43. The fraction of sp³-hybridized carbons (Fsp3) is 0.462. The van der Waals surface area contributed by atoms with E-state index < -0.39 is 0 Å². The molecular weight excluding hydrogens is 240 g/mol. The first-order valence-corrected chi connectivity index (χ1v) is 5.82. The smallest absolute Gasteiger partial charge is 0.309 e. The number of rotatable bonds is 4. The van der Waals surface area contributed by atoms with Crippen LogP contribution in [0, 0.1) is 13.8 Å². The van der Waals surface area contributed by atoms with Gasteiger partial charge < -0.3 is 9.47 Å². The molecule has 17 heavy (non-hydrogen) atoms. The minimum absolute atomic E-state index is 0.220. The fourth-order valence-electron chi connectivity index (χ4n) is 1.57. The normalized spacial score (nSPS) is 12.1. The molecule has 1 rings (SSSR count). The number of esters is 1. The van der Waals surface area contributed by atoms with Crippen molar-refractivity contribution in [3.05, 3.63) is 28.3 Å². The van der Waals surface area contributed by atoms with Crippen molar-refractivity contribution in [2.24, 2.45) is 0 Å². The first-order chi connectivity index (χ1) is 7.93. The molecule has 0 aliphatic carbocycles. The molecule has 0 amide bonds. The maximum atomic E-state index is 11.1. The lowest BCUT2D eigenvalue weighted by Gasteiger charge is -2.15. The summed E-state index contributed by atoms with van der Waals surface area (Å²) in [6, 6.07) is 3.73. The van der Waals surface area contributed by atoms with E-state index in [4.69, 9.17) is 16.3 Å². The summed E-state index contributed by atoms with van der Waals surface area (Å²) in [4.78, 5) is 11.1. The second-order valence-electron chi connectivity index (χ2n) is 4.08. The lowest BCUT2D eigenvalue weighted by Crippen LogP contribution is -2.18. The monoisotopic (exact) mass is 256 g/mol. The Labute approximate surface area is 107 Å². The molecule has 0 N–H and O–H groups in total. The van der Waals surface area contributed by atoms with Crippen molar-refractivity contribution >= 4 is 17.6 Å². The summed E-state index contributed by atoms with van der Waals surface area (Å²) in [5, 5.41) is 0.748. The third kappa shape index (κ3) is 3.93. The molecule has 0 saturated heterocycles. The van der Waals surface area contributed by atoms with Crippen LogP contribution in [0.2, 0.25) is 5.02 Å². The first kappa shape index (κ1) is 13.8. The fourth-order valence-corrected chi connectivity index (χ4v) is 1.68. The molecule has 0 fully saturated rings. The zero-order valence-corrected chi connectivity index (χ0v) is 11.3. The summed E-state index contributed by atoms with van der Waals surface area (Å²) < 4.78 is 10.2. The highest BCUT2D eigenvalue weighted by Gasteiger charge is 2.12. The highest BCUT2D eigenvalue weighted by atomic mass is 35.5. The molecule has 0 aromatic heterocycles. The number of benzene rings is 1. The quantitative estimate of drug-likeness (QED) is 0.776. The van der Waals surface area contributed by atoms with E-state index in [0.717, 1.165) is 21.9 Å². The molecule has 0 spiro atoms. The van der Waals surface area contributed by atoms with Gasteiger partial charge >= 0.3 is 5.97 Å². The Kier molecular flexibility index (Phi) is 4.82. The van der Waals surface area contributed by atoms with Gasteiger partial charge in [-0.25, -0.2) is 0 Å². The Morgan fingerprint density at radius 1 is 1.35 bits per heavy atom. The molecule has 4 heteroatoms. The molecular formula is C13H17ClO3. The summed E-state index contributed by atoms with van der Waals surface area (Å²) in [5.41, 5.74) is 1.93. The molecule has 0 aliphatic heterocycles. The molecule has 0 radical (unpaired) electrons. The number of hydrogen-bond acceptors (Lipinski definition) is 3. The zero-order chi connectivity index (χ0) is 13.0. The van der Waals surface area contributed by atoms with Crippen LogP contribution in [-0.2, 0) is 9.53 Å². The van der Waals surface area contributed by atoms with Gasteiger partial charge in [-0.05, 0) is 44.0 Å². The van der Waals surface area contributed by atoms with Crippen LogP contribution < -0.4 is 4.74 Å². The van der Waals surface area contributed by atoms with Gasteiger partial charge in [0.15, 0.2) is 0 Å². The Morgan fingerprint density at radius 2 is 1.88 bits per heavy atom. The summed E-state index contributed by atoms with van der Waals surface area (Å²) in [6.45, 7) is 5.68. The number of ether oxygens (including phenoxy) is 2. The average molecular weight is 257 g/mol. The molecule has 1 aromatic rings. The van der Waals surface area contributed by atoms with E-state index in [2.05, 4.69) is 4.74 Å². The van der Waals surface area contributed by atoms with E-state index in [1.165, 1.54) is 7.11 Å². The van der Waals surface area contributed by atoms with Crippen molar-refractivity contribution in [2.45, 2.75) is 33.3 Å². The molecule has 94 valence electrons. The van der Waals surface area contributed by atoms with Crippen molar-refractivity contribution in [3.8, 4) is 5.75 Å². The highest BCUT2D eigenvalue weighted by Crippen LogP contribution is 2.26. The second kappa shape index (κ2) is 5.92. The molecule has 0 bridgehead atoms. The molecule has 1 unspecified atom stereocenters. The van der Waals surface area contributed by atoms with Crippen LogP contribution in [-0.4, -0.2) is 19.2 Å². The number of carbonyl (C=O) groups excluding carboxylic acids is 1. The number of methoxy groups -OCH3 is 1. The summed E-state index contributed by atoms with van der Waals surface area (Å²) in [6.07, 6.45) is 0.0134. The van der Waals surface area contributed by atoms with Crippen LogP contribution in [0.15, 0.2) is 12.1 Å². The van der Waals surface area contributed by atoms with Crippen LogP contribution in [0.1, 0.15) is 24.5 Å². The molecule has 0 aliphatic rings. The van der Waals surface area contributed by atoms with E-state index in [0.29, 0.717) is 0 Å². The zero-order valence-electron chi connectivity index (χ0n) is 10.5. The second-order valence-corrected chi connectivity index (χ2v) is 4.46. The average Bonchev–Trinajstić information content (AvgIpc) is 2.25. The molecule has 3 nitrogen and oxygen atoms in total. The summed E-state index contributed by atoms with van der Waals surface area (Å²) in [5.74, 6) is 0.445. The van der Waals surface area contributed by atoms with E-state index in [1.807, 2.05) is 32.9 Å². The van der Waals surface area contributed by atoms with Crippen LogP contribution in [0.3, 0.4) is 0 Å². The van der Waals surface area contributed by atoms with Gasteiger partial charge in [0.2, 0.25) is 0 Å². The number of aryl methyl sites for hydroxylation is 2. The lowest BCUT2D eigenvalue weighted by molar-refractivity contribution is -0.142. The Balaban J connectivity index is 2.72. The summed E-state index contributed by atoms with van der Waals surface area (Å²) in [7, 11) is 1.37. The van der Waals surface area contributed by atoms with Gasteiger partial charge in [0.1, 0.15) is 11.9 Å². The van der Waals surface area contributed by atoms with Gasteiger partial charge in [-0.1, -0.05) is 11.6 Å². The minimum atomic E-state index is -0.278. The highest BCUT2D eigenvalue weighted by molar-refractivity contribution is 6.32. The van der Waals surface area contributed by atoms with Crippen molar-refractivity contribution in [3.63, 3.8) is 0 Å². The van der Waals surface area contributed by atoms with Crippen LogP contribution >= 0.6 is 11.6 Å². The van der Waals surface area contributed by atoms with E-state index >= 15 is 0 Å². The van der Waals surface area contributed by atoms with Gasteiger partial charge in [-0.15, -0.1) is 0 Å². The van der Waals surface area contributed by atoms with Gasteiger partial charge in [-0.2, -0.15) is 0 Å². The Morgan fingerprint density at radius 3 is 2.35 bits per heavy atom. The molecule has 1 atom stereocenters. The van der Waals surface area contributed by atoms with E-state index in [-0.39, 0.29) is 18.5 Å². The minimum Gasteiger partial charge on any atom is -0.490 e. The maximum Gasteiger partial charge on any atom is 0.309 e. The van der Waals surface area contributed by atoms with E-state index in [9.17, 15) is 4.79 Å². The SMILES string of the molecule is COC(=O)CC(C)Oc1cc(C)c(Cl)c(C)c1. The van der Waals surface area contributed by atoms with Gasteiger partial charge in [0.05, 0.1) is 13.5 Å². The first-order valence-electron chi connectivity index (χ1n) is 5.44. The predicted molar refractivity (Wildman–Crippen MR) is 67.6 cm³/mol. The topological polar surface area (TPSA) is 35.5 Å². The van der Waals surface area contributed by atoms with E-state index in [1.54, 1.807) is 0 Å². The number of carbonyl (C=O) groups is 1. The van der Waals surface area contributed by atoms with Gasteiger partial charge in [0.25, 0.3) is 0 Å².